The molecule has 148 valence electrons. The van der Waals surface area contributed by atoms with Gasteiger partial charge in [-0.2, -0.15) is 0 Å². The molecule has 0 heterocycles. The first-order valence-corrected chi connectivity index (χ1v) is 8.76. The summed E-state index contributed by atoms with van der Waals surface area (Å²) < 4.78 is 5.75. The summed E-state index contributed by atoms with van der Waals surface area (Å²) >= 11 is 0. The summed E-state index contributed by atoms with van der Waals surface area (Å²) in [5.74, 6) is 0. The first-order chi connectivity index (χ1) is 12.1. The van der Waals surface area contributed by atoms with E-state index in [9.17, 15) is 20.4 Å². The smallest absolute Gasteiger partial charge is 0.111 e. The maximum Gasteiger partial charge on any atom is 0.111 e. The molecule has 0 fully saturated rings. The second-order valence-electron chi connectivity index (χ2n) is 7.55. The molecule has 1 aromatic carbocycles. The van der Waals surface area contributed by atoms with Crippen molar-refractivity contribution in [3.8, 4) is 0 Å². The quantitative estimate of drug-likeness (QED) is 0.392. The van der Waals surface area contributed by atoms with Crippen LogP contribution in [0.5, 0.6) is 0 Å². The van der Waals surface area contributed by atoms with Crippen LogP contribution in [-0.4, -0.2) is 62.7 Å². The lowest BCUT2D eigenvalue weighted by Crippen LogP contribution is -2.50. The predicted molar refractivity (Wildman–Crippen MR) is 99.6 cm³/mol. The highest BCUT2D eigenvalue weighted by Crippen LogP contribution is 2.23. The fraction of sp³-hybridized carbons (Fsp3) is 0.600. The second kappa shape index (κ2) is 10.2. The van der Waals surface area contributed by atoms with E-state index in [0.29, 0.717) is 0 Å². The molecule has 6 heteroatoms. The van der Waals surface area contributed by atoms with Crippen molar-refractivity contribution in [3.63, 3.8) is 0 Å². The van der Waals surface area contributed by atoms with Crippen molar-refractivity contribution in [1.29, 1.82) is 0 Å². The van der Waals surface area contributed by atoms with Gasteiger partial charge in [0.15, 0.2) is 0 Å². The first kappa shape index (κ1) is 22.8. The van der Waals surface area contributed by atoms with E-state index in [0.717, 1.165) is 11.1 Å². The van der Waals surface area contributed by atoms with Crippen LogP contribution in [0.25, 0.3) is 0 Å². The van der Waals surface area contributed by atoms with Crippen LogP contribution in [0.4, 0.5) is 0 Å². The highest BCUT2D eigenvalue weighted by molar-refractivity contribution is 5.28. The number of hydrogen-bond donors (Lipinski definition) is 5. The topological polar surface area (TPSA) is 110 Å². The maximum atomic E-state index is 10.3. The van der Waals surface area contributed by atoms with Gasteiger partial charge in [-0.1, -0.05) is 51.1 Å². The van der Waals surface area contributed by atoms with Crippen LogP contribution in [-0.2, 0) is 16.8 Å². The molecule has 1 aromatic rings. The van der Waals surface area contributed by atoms with Crippen LogP contribution in [0.15, 0.2) is 36.9 Å². The summed E-state index contributed by atoms with van der Waals surface area (Å²) in [5, 5.41) is 48.5. The van der Waals surface area contributed by atoms with Crippen LogP contribution in [0.2, 0.25) is 0 Å². The Kier molecular flexibility index (Phi) is 8.89. The fourth-order valence-electron chi connectivity index (χ4n) is 2.56. The molecular weight excluding hydrogens is 336 g/mol. The van der Waals surface area contributed by atoms with Gasteiger partial charge in [0.25, 0.3) is 0 Å². The minimum atomic E-state index is -1.69. The number of benzene rings is 1. The lowest BCUT2D eigenvalue weighted by Gasteiger charge is -2.30. The van der Waals surface area contributed by atoms with E-state index in [1.165, 1.54) is 0 Å². The molecular formula is C20H32O6. The van der Waals surface area contributed by atoms with Crippen molar-refractivity contribution in [2.45, 2.75) is 69.7 Å². The summed E-state index contributed by atoms with van der Waals surface area (Å²) in [6, 6.07) is 7.91. The van der Waals surface area contributed by atoms with Gasteiger partial charge in [-0.25, -0.2) is 0 Å². The number of aliphatic hydroxyl groups excluding tert-OH is 5. The van der Waals surface area contributed by atoms with Crippen molar-refractivity contribution >= 4 is 0 Å². The fourth-order valence-corrected chi connectivity index (χ4v) is 2.56. The largest absolute Gasteiger partial charge is 0.394 e. The third-order valence-corrected chi connectivity index (χ3v) is 4.32. The van der Waals surface area contributed by atoms with Crippen molar-refractivity contribution in [3.05, 3.63) is 48.0 Å². The average Bonchev–Trinajstić information content (AvgIpc) is 2.62. The molecule has 5 unspecified atom stereocenters. The molecule has 0 bridgehead atoms. The van der Waals surface area contributed by atoms with E-state index in [1.54, 1.807) is 6.08 Å². The Bertz CT molecular complexity index is 553. The van der Waals surface area contributed by atoms with Gasteiger partial charge in [-0.05, 0) is 23.0 Å². The first-order valence-electron chi connectivity index (χ1n) is 8.76. The van der Waals surface area contributed by atoms with E-state index < -0.39 is 37.1 Å². The highest BCUT2D eigenvalue weighted by atomic mass is 16.5. The number of ether oxygens (including phenoxy) is 1. The van der Waals surface area contributed by atoms with Crippen LogP contribution in [0.3, 0.4) is 0 Å². The highest BCUT2D eigenvalue weighted by Gasteiger charge is 2.34. The lowest BCUT2D eigenvalue weighted by atomic mass is 9.86. The number of hydrogen-bond acceptors (Lipinski definition) is 6. The average molecular weight is 368 g/mol. The van der Waals surface area contributed by atoms with Crippen LogP contribution >= 0.6 is 0 Å². The monoisotopic (exact) mass is 368 g/mol. The van der Waals surface area contributed by atoms with Crippen molar-refractivity contribution in [1.82, 2.24) is 0 Å². The summed E-state index contributed by atoms with van der Waals surface area (Å²) in [6.45, 7) is 9.44. The number of rotatable bonds is 10. The molecule has 6 nitrogen and oxygen atoms in total. The minimum Gasteiger partial charge on any atom is -0.394 e. The van der Waals surface area contributed by atoms with E-state index in [2.05, 4.69) is 27.4 Å². The van der Waals surface area contributed by atoms with Gasteiger partial charge in [0.05, 0.1) is 19.3 Å². The Balaban J connectivity index is 2.81. The molecule has 0 aromatic heterocycles. The maximum absolute atomic E-state index is 10.3. The van der Waals surface area contributed by atoms with E-state index >= 15 is 0 Å². The Labute approximate surface area is 155 Å². The SMILES string of the molecule is C=CCC(OCc1cccc(C(C)(C)C)c1)C(O)C(O)C(O)C(O)CO. The summed E-state index contributed by atoms with van der Waals surface area (Å²) in [6.07, 6.45) is -5.37. The molecule has 0 amide bonds. The second-order valence-corrected chi connectivity index (χ2v) is 7.55. The van der Waals surface area contributed by atoms with Crippen molar-refractivity contribution in [2.24, 2.45) is 0 Å². The molecule has 5 N–H and O–H groups in total. The zero-order chi connectivity index (χ0) is 19.9. The van der Waals surface area contributed by atoms with Crippen LogP contribution in [0.1, 0.15) is 38.3 Å². The van der Waals surface area contributed by atoms with Crippen molar-refractivity contribution < 1.29 is 30.3 Å². The van der Waals surface area contributed by atoms with Crippen molar-refractivity contribution in [2.75, 3.05) is 6.61 Å². The molecule has 0 saturated carbocycles. The van der Waals surface area contributed by atoms with Gasteiger partial charge < -0.3 is 30.3 Å². The van der Waals surface area contributed by atoms with Gasteiger partial charge in [0, 0.05) is 0 Å². The van der Waals surface area contributed by atoms with Gasteiger partial charge in [-0.15, -0.1) is 6.58 Å². The van der Waals surface area contributed by atoms with Crippen LogP contribution < -0.4 is 0 Å². The molecule has 0 aliphatic carbocycles. The molecule has 0 aliphatic rings. The van der Waals surface area contributed by atoms with Gasteiger partial charge >= 0.3 is 0 Å². The zero-order valence-corrected chi connectivity index (χ0v) is 15.7. The molecule has 0 aliphatic heterocycles. The molecule has 1 rings (SSSR count). The Hall–Kier alpha value is -1.28. The number of aliphatic hydroxyl groups is 5. The zero-order valence-electron chi connectivity index (χ0n) is 15.7. The predicted octanol–water partition coefficient (Wildman–Crippen LogP) is 0.881. The van der Waals surface area contributed by atoms with Crippen LogP contribution in [0, 0.1) is 0 Å². The molecule has 0 saturated heterocycles. The van der Waals surface area contributed by atoms with Gasteiger partial charge in [0.2, 0.25) is 0 Å². The van der Waals surface area contributed by atoms with E-state index in [-0.39, 0.29) is 18.4 Å². The minimum absolute atomic E-state index is 0.00320. The summed E-state index contributed by atoms with van der Waals surface area (Å²) in [7, 11) is 0. The Morgan fingerprint density at radius 2 is 1.73 bits per heavy atom. The third-order valence-electron chi connectivity index (χ3n) is 4.32. The summed E-state index contributed by atoms with van der Waals surface area (Å²) in [5.41, 5.74) is 2.07. The van der Waals surface area contributed by atoms with E-state index in [4.69, 9.17) is 9.84 Å². The Morgan fingerprint density at radius 1 is 1.08 bits per heavy atom. The Morgan fingerprint density at radius 3 is 2.27 bits per heavy atom. The summed E-state index contributed by atoms with van der Waals surface area (Å²) in [4.78, 5) is 0. The molecule has 5 atom stereocenters. The molecule has 0 radical (unpaired) electrons. The third kappa shape index (κ3) is 6.46. The van der Waals surface area contributed by atoms with Gasteiger partial charge in [-0.3, -0.25) is 0 Å². The molecule has 26 heavy (non-hydrogen) atoms. The normalized spacial score (nSPS) is 18.0. The lowest BCUT2D eigenvalue weighted by molar-refractivity contribution is -0.152. The van der Waals surface area contributed by atoms with Gasteiger partial charge in [0.1, 0.15) is 24.4 Å². The molecule has 0 spiro atoms. The van der Waals surface area contributed by atoms with E-state index in [1.807, 2.05) is 24.3 Å². The standard InChI is InChI=1S/C20H32O6/c1-5-7-16(18(24)19(25)17(23)15(22)11-21)26-12-13-8-6-9-14(10-13)20(2,3)4/h5-6,8-10,15-19,21-25H,1,7,11-12H2,2-4H3.